The van der Waals surface area contributed by atoms with Crippen LogP contribution in [-0.4, -0.2) is 17.5 Å². The molecule has 1 aromatic rings. The Labute approximate surface area is 94.3 Å². The molecule has 0 fully saturated rings. The van der Waals surface area contributed by atoms with Crippen LogP contribution in [0.15, 0.2) is 22.7 Å². The van der Waals surface area contributed by atoms with Crippen LogP contribution in [0.1, 0.15) is 17.3 Å². The van der Waals surface area contributed by atoms with Gasteiger partial charge in [0.05, 0.1) is 11.5 Å². The van der Waals surface area contributed by atoms with Gasteiger partial charge in [-0.15, -0.1) is 0 Å². The van der Waals surface area contributed by atoms with Crippen molar-refractivity contribution in [2.45, 2.75) is 6.92 Å². The average Bonchev–Trinajstić information content (AvgIpc) is 2.17. The highest BCUT2D eigenvalue weighted by molar-refractivity contribution is 9.10. The van der Waals surface area contributed by atoms with E-state index in [4.69, 9.17) is 4.74 Å². The summed E-state index contributed by atoms with van der Waals surface area (Å²) in [7, 11) is 0. The molecule has 80 valence electrons. The Morgan fingerprint density at radius 2 is 2.27 bits per heavy atom. The molecule has 0 aliphatic rings. The number of rotatable bonds is 3. The van der Waals surface area contributed by atoms with E-state index in [1.54, 1.807) is 13.0 Å². The lowest BCUT2D eigenvalue weighted by Crippen LogP contribution is -2.07. The summed E-state index contributed by atoms with van der Waals surface area (Å²) in [5, 5.41) is 10.7. The number of carbonyl (C=O) groups excluding carboxylic acids is 1. The van der Waals surface area contributed by atoms with Gasteiger partial charge in [-0.05, 0) is 19.1 Å². The molecule has 0 N–H and O–H groups in total. The number of nitro groups is 1. The van der Waals surface area contributed by atoms with Crippen molar-refractivity contribution in [2.24, 2.45) is 0 Å². The molecule has 0 aliphatic heterocycles. The lowest BCUT2D eigenvalue weighted by Gasteiger charge is -2.02. The molecule has 0 radical (unpaired) electrons. The van der Waals surface area contributed by atoms with Gasteiger partial charge in [-0.2, -0.15) is 0 Å². The highest BCUT2D eigenvalue weighted by atomic mass is 79.9. The van der Waals surface area contributed by atoms with Crippen molar-refractivity contribution < 1.29 is 14.5 Å². The number of nitrogens with zero attached hydrogens (tertiary/aromatic N) is 1. The van der Waals surface area contributed by atoms with Gasteiger partial charge in [0, 0.05) is 10.5 Å². The topological polar surface area (TPSA) is 69.4 Å². The number of carbonyl (C=O) groups is 1. The molecular weight excluding hydrogens is 266 g/mol. The normalized spacial score (nSPS) is 9.73. The maximum absolute atomic E-state index is 11.3. The molecule has 0 amide bonds. The van der Waals surface area contributed by atoms with Crippen LogP contribution in [0.4, 0.5) is 5.69 Å². The minimum absolute atomic E-state index is 0.0370. The van der Waals surface area contributed by atoms with E-state index in [0.717, 1.165) is 0 Å². The molecule has 0 unspecified atom stereocenters. The van der Waals surface area contributed by atoms with E-state index in [2.05, 4.69) is 15.9 Å². The zero-order valence-electron chi connectivity index (χ0n) is 7.90. The smallest absolute Gasteiger partial charge is 0.345 e. The Bertz CT molecular complexity index is 405. The van der Waals surface area contributed by atoms with E-state index in [0.29, 0.717) is 4.47 Å². The predicted octanol–water partition coefficient (Wildman–Crippen LogP) is 2.53. The molecule has 5 nitrogen and oxygen atoms in total. The van der Waals surface area contributed by atoms with Gasteiger partial charge in [-0.1, -0.05) is 15.9 Å². The summed E-state index contributed by atoms with van der Waals surface area (Å²) >= 11 is 3.10. The minimum Gasteiger partial charge on any atom is -0.462 e. The molecule has 0 aliphatic carbocycles. The molecular formula is C9H8BrNO4. The first-order valence-corrected chi connectivity index (χ1v) is 4.96. The number of halogens is 1. The number of benzene rings is 1. The van der Waals surface area contributed by atoms with Gasteiger partial charge in [0.2, 0.25) is 0 Å². The fraction of sp³-hybridized carbons (Fsp3) is 0.222. The first kappa shape index (κ1) is 11.6. The first-order valence-electron chi connectivity index (χ1n) is 4.17. The quantitative estimate of drug-likeness (QED) is 0.482. The van der Waals surface area contributed by atoms with Gasteiger partial charge in [0.15, 0.2) is 0 Å². The molecule has 0 bridgehead atoms. The Morgan fingerprint density at radius 1 is 1.60 bits per heavy atom. The van der Waals surface area contributed by atoms with Crippen molar-refractivity contribution in [1.29, 1.82) is 0 Å². The summed E-state index contributed by atoms with van der Waals surface area (Å²) in [6.07, 6.45) is 0. The molecule has 1 aromatic carbocycles. The van der Waals surface area contributed by atoms with Gasteiger partial charge in [-0.25, -0.2) is 4.79 Å². The maximum Gasteiger partial charge on any atom is 0.345 e. The van der Waals surface area contributed by atoms with E-state index in [-0.39, 0.29) is 17.9 Å². The summed E-state index contributed by atoms with van der Waals surface area (Å²) in [6.45, 7) is 1.83. The van der Waals surface area contributed by atoms with Crippen LogP contribution in [0.5, 0.6) is 0 Å². The maximum atomic E-state index is 11.3. The van der Waals surface area contributed by atoms with Crippen molar-refractivity contribution in [2.75, 3.05) is 6.61 Å². The second kappa shape index (κ2) is 4.88. The van der Waals surface area contributed by atoms with Crippen molar-refractivity contribution >= 4 is 27.6 Å². The van der Waals surface area contributed by atoms with E-state index in [9.17, 15) is 14.9 Å². The molecule has 0 spiro atoms. The van der Waals surface area contributed by atoms with Gasteiger partial charge in [-0.3, -0.25) is 10.1 Å². The molecule has 1 rings (SSSR count). The van der Waals surface area contributed by atoms with Crippen molar-refractivity contribution in [3.05, 3.63) is 38.3 Å². The summed E-state index contributed by atoms with van der Waals surface area (Å²) in [6, 6.07) is 4.19. The highest BCUT2D eigenvalue weighted by Crippen LogP contribution is 2.24. The molecule has 0 heterocycles. The fourth-order valence-corrected chi connectivity index (χ4v) is 1.39. The van der Waals surface area contributed by atoms with Gasteiger partial charge >= 0.3 is 5.97 Å². The molecule has 0 atom stereocenters. The van der Waals surface area contributed by atoms with E-state index < -0.39 is 10.9 Å². The predicted molar refractivity (Wildman–Crippen MR) is 56.8 cm³/mol. The fourth-order valence-electron chi connectivity index (χ4n) is 1.04. The molecule has 0 saturated heterocycles. The Hall–Kier alpha value is -1.43. The van der Waals surface area contributed by atoms with Crippen molar-refractivity contribution in [3.63, 3.8) is 0 Å². The van der Waals surface area contributed by atoms with Crippen LogP contribution in [0, 0.1) is 10.1 Å². The standard InChI is InChI=1S/C9H8BrNO4/c1-2-15-9(12)7-4-3-6(10)5-8(7)11(13)14/h3-5H,2H2,1H3. The SMILES string of the molecule is CCOC(=O)c1ccc(Br)cc1[N+](=O)[O-]. The van der Waals surface area contributed by atoms with Crippen molar-refractivity contribution in [1.82, 2.24) is 0 Å². The monoisotopic (exact) mass is 273 g/mol. The Morgan fingerprint density at radius 3 is 2.80 bits per heavy atom. The Kier molecular flexibility index (Phi) is 3.79. The van der Waals surface area contributed by atoms with Crippen LogP contribution in [0.3, 0.4) is 0 Å². The zero-order valence-corrected chi connectivity index (χ0v) is 9.48. The van der Waals surface area contributed by atoms with E-state index in [1.165, 1.54) is 12.1 Å². The minimum atomic E-state index is -0.684. The van der Waals surface area contributed by atoms with E-state index in [1.807, 2.05) is 0 Å². The average molecular weight is 274 g/mol. The van der Waals surface area contributed by atoms with Crippen LogP contribution < -0.4 is 0 Å². The van der Waals surface area contributed by atoms with Gasteiger partial charge in [0.1, 0.15) is 5.56 Å². The summed E-state index contributed by atoms with van der Waals surface area (Å²) < 4.78 is 5.24. The van der Waals surface area contributed by atoms with Crippen LogP contribution in [0.25, 0.3) is 0 Å². The second-order valence-electron chi connectivity index (χ2n) is 2.64. The van der Waals surface area contributed by atoms with Crippen molar-refractivity contribution in [3.8, 4) is 0 Å². The highest BCUT2D eigenvalue weighted by Gasteiger charge is 2.21. The van der Waals surface area contributed by atoms with Crippen LogP contribution in [0.2, 0.25) is 0 Å². The lowest BCUT2D eigenvalue weighted by molar-refractivity contribution is -0.385. The number of esters is 1. The van der Waals surface area contributed by atoms with Gasteiger partial charge in [0.25, 0.3) is 5.69 Å². The molecule has 0 aromatic heterocycles. The third-order valence-electron chi connectivity index (χ3n) is 1.65. The van der Waals surface area contributed by atoms with Gasteiger partial charge < -0.3 is 4.74 Å². The summed E-state index contributed by atoms with van der Waals surface area (Å²) in [4.78, 5) is 21.4. The number of hydrogen-bond donors (Lipinski definition) is 0. The van der Waals surface area contributed by atoms with Crippen LogP contribution in [-0.2, 0) is 4.74 Å². The second-order valence-corrected chi connectivity index (χ2v) is 3.55. The summed E-state index contributed by atoms with van der Waals surface area (Å²) in [5.41, 5.74) is -0.298. The number of nitro benzene ring substituents is 1. The molecule has 15 heavy (non-hydrogen) atoms. The Balaban J connectivity index is 3.17. The molecule has 0 saturated carbocycles. The third-order valence-corrected chi connectivity index (χ3v) is 2.15. The largest absolute Gasteiger partial charge is 0.462 e. The van der Waals surface area contributed by atoms with Crippen LogP contribution >= 0.6 is 15.9 Å². The summed E-state index contributed by atoms with van der Waals surface area (Å²) in [5.74, 6) is -0.684. The zero-order chi connectivity index (χ0) is 11.4. The number of hydrogen-bond acceptors (Lipinski definition) is 4. The van der Waals surface area contributed by atoms with E-state index >= 15 is 0 Å². The lowest BCUT2D eigenvalue weighted by atomic mass is 10.2. The number of ether oxygens (including phenoxy) is 1. The third kappa shape index (κ3) is 2.76. The molecule has 6 heteroatoms. The first-order chi connectivity index (χ1) is 7.06.